The van der Waals surface area contributed by atoms with Crippen molar-refractivity contribution in [2.45, 2.75) is 45.3 Å². The van der Waals surface area contributed by atoms with Gasteiger partial charge in [0.05, 0.1) is 6.61 Å². The van der Waals surface area contributed by atoms with Gasteiger partial charge >= 0.3 is 0 Å². The van der Waals surface area contributed by atoms with Crippen LogP contribution in [0.5, 0.6) is 0 Å². The molecule has 92 valence electrons. The maximum absolute atomic E-state index is 5.45. The Kier molecular flexibility index (Phi) is 12.6. The van der Waals surface area contributed by atoms with Crippen LogP contribution in [0, 0.1) is 0 Å². The molecule has 0 amide bonds. The van der Waals surface area contributed by atoms with Gasteiger partial charge in [-0.25, -0.2) is 0 Å². The van der Waals surface area contributed by atoms with Crippen LogP contribution in [0.25, 0.3) is 0 Å². The van der Waals surface area contributed by atoms with Gasteiger partial charge in [-0.15, -0.1) is 0 Å². The minimum Gasteiger partial charge on any atom is -0.380 e. The van der Waals surface area contributed by atoms with E-state index in [0.29, 0.717) is 0 Å². The summed E-state index contributed by atoms with van der Waals surface area (Å²) in [6.07, 6.45) is 3.67. The Bertz CT molecular complexity index is 122. The average molecular weight is 233 g/mol. The van der Waals surface area contributed by atoms with Gasteiger partial charge in [0, 0.05) is 30.7 Å². The van der Waals surface area contributed by atoms with Crippen molar-refractivity contribution in [1.82, 2.24) is 5.32 Å². The van der Waals surface area contributed by atoms with Gasteiger partial charge in [0.25, 0.3) is 0 Å². The number of nitrogens with one attached hydrogen (secondary N) is 1. The highest BCUT2D eigenvalue weighted by molar-refractivity contribution is 7.99. The highest BCUT2D eigenvalue weighted by Crippen LogP contribution is 2.11. The quantitative estimate of drug-likeness (QED) is 0.554. The van der Waals surface area contributed by atoms with E-state index in [0.717, 1.165) is 31.6 Å². The van der Waals surface area contributed by atoms with Crippen LogP contribution in [0.2, 0.25) is 0 Å². The molecule has 0 aromatic heterocycles. The zero-order valence-electron chi connectivity index (χ0n) is 10.6. The Labute approximate surface area is 99.5 Å². The Balaban J connectivity index is 2.92. The first-order valence-electron chi connectivity index (χ1n) is 6.21. The van der Waals surface area contributed by atoms with Crippen molar-refractivity contribution in [3.63, 3.8) is 0 Å². The molecule has 0 aliphatic carbocycles. The maximum Gasteiger partial charge on any atom is 0.0590 e. The Morgan fingerprint density at radius 2 is 2.00 bits per heavy atom. The number of unbranched alkanes of at least 4 members (excludes halogenated alkanes) is 1. The van der Waals surface area contributed by atoms with Crippen LogP contribution >= 0.6 is 11.8 Å². The van der Waals surface area contributed by atoms with Crippen molar-refractivity contribution < 1.29 is 4.74 Å². The fourth-order valence-electron chi connectivity index (χ4n) is 1.07. The minimum absolute atomic E-state index is 0.799. The molecule has 0 saturated heterocycles. The molecule has 3 heteroatoms. The summed E-state index contributed by atoms with van der Waals surface area (Å²) in [6.45, 7) is 10.6. The fourth-order valence-corrected chi connectivity index (χ4v) is 1.97. The van der Waals surface area contributed by atoms with E-state index in [2.05, 4.69) is 26.1 Å². The Morgan fingerprint density at radius 3 is 2.67 bits per heavy atom. The first kappa shape index (κ1) is 15.3. The molecule has 0 radical (unpaired) electrons. The zero-order valence-corrected chi connectivity index (χ0v) is 11.4. The standard InChI is InChI=1S/C12H27NOS/c1-4-6-9-14-10-7-13-8-11-15-12(3)5-2/h12-13H,4-11H2,1-3H3. The molecular formula is C12H27NOS. The Hall–Kier alpha value is 0.270. The summed E-state index contributed by atoms with van der Waals surface area (Å²) in [4.78, 5) is 0. The first-order chi connectivity index (χ1) is 7.31. The molecule has 0 spiro atoms. The van der Waals surface area contributed by atoms with E-state index in [1.807, 2.05) is 11.8 Å². The van der Waals surface area contributed by atoms with Crippen LogP contribution < -0.4 is 5.32 Å². The van der Waals surface area contributed by atoms with Gasteiger partial charge < -0.3 is 10.1 Å². The third-order valence-corrected chi connectivity index (χ3v) is 3.66. The van der Waals surface area contributed by atoms with E-state index in [1.165, 1.54) is 25.0 Å². The normalized spacial score (nSPS) is 13.0. The summed E-state index contributed by atoms with van der Waals surface area (Å²) >= 11 is 2.04. The molecule has 0 fully saturated rings. The fraction of sp³-hybridized carbons (Fsp3) is 1.00. The molecule has 0 aliphatic heterocycles. The minimum atomic E-state index is 0.799. The molecule has 0 saturated carbocycles. The van der Waals surface area contributed by atoms with Gasteiger partial charge in [-0.05, 0) is 12.8 Å². The molecule has 15 heavy (non-hydrogen) atoms. The summed E-state index contributed by atoms with van der Waals surface area (Å²) in [7, 11) is 0. The molecule has 1 unspecified atom stereocenters. The van der Waals surface area contributed by atoms with Crippen molar-refractivity contribution in [3.05, 3.63) is 0 Å². The van der Waals surface area contributed by atoms with Crippen LogP contribution in [0.15, 0.2) is 0 Å². The van der Waals surface area contributed by atoms with Gasteiger partial charge in [0.2, 0.25) is 0 Å². The van der Waals surface area contributed by atoms with Crippen LogP contribution in [-0.2, 0) is 4.74 Å². The molecule has 0 rings (SSSR count). The Morgan fingerprint density at radius 1 is 1.20 bits per heavy atom. The number of ether oxygens (including phenoxy) is 1. The van der Waals surface area contributed by atoms with E-state index in [-0.39, 0.29) is 0 Å². The second-order valence-corrected chi connectivity index (χ2v) is 5.35. The molecule has 0 aromatic rings. The highest BCUT2D eigenvalue weighted by Gasteiger charge is 1.97. The van der Waals surface area contributed by atoms with Crippen LogP contribution in [0.4, 0.5) is 0 Å². The predicted octanol–water partition coefficient (Wildman–Crippen LogP) is 2.92. The third-order valence-electron chi connectivity index (χ3n) is 2.32. The van der Waals surface area contributed by atoms with Crippen molar-refractivity contribution >= 4 is 11.8 Å². The largest absolute Gasteiger partial charge is 0.380 e. The average Bonchev–Trinajstić information content (AvgIpc) is 2.26. The molecule has 0 aliphatic rings. The maximum atomic E-state index is 5.45. The smallest absolute Gasteiger partial charge is 0.0590 e. The lowest BCUT2D eigenvalue weighted by molar-refractivity contribution is 0.133. The lowest BCUT2D eigenvalue weighted by Crippen LogP contribution is -2.22. The van der Waals surface area contributed by atoms with Crippen molar-refractivity contribution in [2.24, 2.45) is 0 Å². The van der Waals surface area contributed by atoms with Crippen molar-refractivity contribution in [1.29, 1.82) is 0 Å². The summed E-state index contributed by atoms with van der Waals surface area (Å²) in [5.41, 5.74) is 0. The molecule has 0 aromatic carbocycles. The third kappa shape index (κ3) is 12.2. The summed E-state index contributed by atoms with van der Waals surface area (Å²) in [6, 6.07) is 0. The molecule has 0 heterocycles. The van der Waals surface area contributed by atoms with E-state index >= 15 is 0 Å². The summed E-state index contributed by atoms with van der Waals surface area (Å²) in [5, 5.41) is 4.19. The number of thioether (sulfide) groups is 1. The molecular weight excluding hydrogens is 206 g/mol. The topological polar surface area (TPSA) is 21.3 Å². The predicted molar refractivity (Wildman–Crippen MR) is 70.8 cm³/mol. The SMILES string of the molecule is CCCCOCCNCCSC(C)CC. The van der Waals surface area contributed by atoms with Crippen molar-refractivity contribution in [2.75, 3.05) is 32.1 Å². The van der Waals surface area contributed by atoms with Gasteiger partial charge in [0.15, 0.2) is 0 Å². The number of rotatable bonds is 11. The second-order valence-electron chi connectivity index (χ2n) is 3.81. The monoisotopic (exact) mass is 233 g/mol. The number of hydrogen-bond donors (Lipinski definition) is 1. The number of hydrogen-bond acceptors (Lipinski definition) is 3. The molecule has 2 nitrogen and oxygen atoms in total. The van der Waals surface area contributed by atoms with Gasteiger partial charge in [-0.1, -0.05) is 27.2 Å². The first-order valence-corrected chi connectivity index (χ1v) is 7.26. The van der Waals surface area contributed by atoms with Crippen molar-refractivity contribution in [3.8, 4) is 0 Å². The lowest BCUT2D eigenvalue weighted by atomic mass is 10.4. The van der Waals surface area contributed by atoms with E-state index < -0.39 is 0 Å². The molecule has 1 atom stereocenters. The summed E-state index contributed by atoms with van der Waals surface area (Å²) < 4.78 is 5.45. The van der Waals surface area contributed by atoms with Gasteiger partial charge in [0.1, 0.15) is 0 Å². The van der Waals surface area contributed by atoms with E-state index in [9.17, 15) is 0 Å². The second kappa shape index (κ2) is 12.3. The van der Waals surface area contributed by atoms with Crippen LogP contribution in [-0.4, -0.2) is 37.3 Å². The molecule has 0 bridgehead atoms. The molecule has 1 N–H and O–H groups in total. The zero-order chi connectivity index (χ0) is 11.4. The lowest BCUT2D eigenvalue weighted by Gasteiger charge is -2.09. The van der Waals surface area contributed by atoms with E-state index in [1.54, 1.807) is 0 Å². The summed E-state index contributed by atoms with van der Waals surface area (Å²) in [5.74, 6) is 1.21. The van der Waals surface area contributed by atoms with E-state index in [4.69, 9.17) is 4.74 Å². The van der Waals surface area contributed by atoms with Crippen LogP contribution in [0.3, 0.4) is 0 Å². The highest BCUT2D eigenvalue weighted by atomic mass is 32.2. The van der Waals surface area contributed by atoms with Crippen LogP contribution in [0.1, 0.15) is 40.0 Å². The van der Waals surface area contributed by atoms with Gasteiger partial charge in [-0.3, -0.25) is 0 Å². The van der Waals surface area contributed by atoms with Gasteiger partial charge in [-0.2, -0.15) is 11.8 Å².